The van der Waals surface area contributed by atoms with Gasteiger partial charge in [0.1, 0.15) is 11.2 Å². The van der Waals surface area contributed by atoms with Crippen LogP contribution in [0, 0.1) is 13.8 Å². The maximum atomic E-state index is 13.0. The summed E-state index contributed by atoms with van der Waals surface area (Å²) in [6.07, 6.45) is 1.44. The van der Waals surface area contributed by atoms with E-state index in [4.69, 9.17) is 0 Å². The predicted molar refractivity (Wildman–Crippen MR) is 113 cm³/mol. The molecule has 0 saturated carbocycles. The average Bonchev–Trinajstić information content (AvgIpc) is 3.02. The van der Waals surface area contributed by atoms with Gasteiger partial charge in [-0.05, 0) is 50.2 Å². The van der Waals surface area contributed by atoms with E-state index >= 15 is 0 Å². The number of amides is 1. The second-order valence-electron chi connectivity index (χ2n) is 6.55. The molecule has 0 bridgehead atoms. The van der Waals surface area contributed by atoms with Gasteiger partial charge in [0.2, 0.25) is 5.43 Å². The monoisotopic (exact) mass is 436 g/mol. The van der Waals surface area contributed by atoms with Gasteiger partial charge in [-0.25, -0.2) is 4.68 Å². The number of carbonyl (C=O) groups excluding carboxylic acids is 1. The Morgan fingerprint density at radius 2 is 1.75 bits per heavy atom. The van der Waals surface area contributed by atoms with Gasteiger partial charge >= 0.3 is 0 Å². The highest BCUT2D eigenvalue weighted by Gasteiger charge is 2.19. The number of hydrogen-bond acceptors (Lipinski definition) is 3. The molecule has 0 aliphatic carbocycles. The number of rotatable bonds is 3. The lowest BCUT2D eigenvalue weighted by Crippen LogP contribution is -2.22. The van der Waals surface area contributed by atoms with Crippen molar-refractivity contribution in [3.8, 4) is 5.69 Å². The van der Waals surface area contributed by atoms with E-state index in [1.54, 1.807) is 23.7 Å². The van der Waals surface area contributed by atoms with Crippen molar-refractivity contribution >= 4 is 38.6 Å². The molecule has 28 heavy (non-hydrogen) atoms. The highest BCUT2D eigenvalue weighted by molar-refractivity contribution is 9.10. The summed E-state index contributed by atoms with van der Waals surface area (Å²) in [7, 11) is 0. The Morgan fingerprint density at radius 3 is 2.43 bits per heavy atom. The van der Waals surface area contributed by atoms with Crippen LogP contribution in [0.1, 0.15) is 21.6 Å². The zero-order chi connectivity index (χ0) is 19.8. The molecule has 0 unspecified atom stereocenters. The Bertz CT molecular complexity index is 1240. The fraction of sp³-hybridized carbons (Fsp3) is 0.0952. The third-order valence-corrected chi connectivity index (χ3v) is 5.04. The van der Waals surface area contributed by atoms with E-state index < -0.39 is 5.91 Å². The summed E-state index contributed by atoms with van der Waals surface area (Å²) in [5, 5.41) is 7.65. The molecule has 2 aromatic carbocycles. The van der Waals surface area contributed by atoms with Gasteiger partial charge < -0.3 is 10.3 Å². The van der Waals surface area contributed by atoms with Crippen LogP contribution in [0.3, 0.4) is 0 Å². The summed E-state index contributed by atoms with van der Waals surface area (Å²) in [6.45, 7) is 3.77. The molecular formula is C21H17BrN4O2. The molecular weight excluding hydrogens is 420 g/mol. The van der Waals surface area contributed by atoms with Crippen molar-refractivity contribution in [2.24, 2.45) is 0 Å². The first-order chi connectivity index (χ1) is 13.4. The lowest BCUT2D eigenvalue weighted by molar-refractivity contribution is 0.102. The number of nitrogens with zero attached hydrogens (tertiary/aromatic N) is 2. The SMILES string of the molecule is Cc1ccc(-n2nc(C)c3c(=O)c(C(=O)Nc4ccc(Br)cc4)c[nH]c32)cc1. The predicted octanol–water partition coefficient (Wildman–Crippen LogP) is 4.35. The van der Waals surface area contributed by atoms with Gasteiger partial charge in [0.25, 0.3) is 5.91 Å². The lowest BCUT2D eigenvalue weighted by atomic mass is 10.1. The molecule has 6 nitrogen and oxygen atoms in total. The number of aromatic nitrogens is 3. The molecule has 0 saturated heterocycles. The van der Waals surface area contributed by atoms with Crippen LogP contribution in [0.15, 0.2) is 64.0 Å². The van der Waals surface area contributed by atoms with Crippen molar-refractivity contribution in [1.29, 1.82) is 0 Å². The van der Waals surface area contributed by atoms with E-state index in [9.17, 15) is 9.59 Å². The number of carbonyl (C=O) groups is 1. The Labute approximate surface area is 169 Å². The zero-order valence-corrected chi connectivity index (χ0v) is 16.9. The first-order valence-electron chi connectivity index (χ1n) is 8.69. The first-order valence-corrected chi connectivity index (χ1v) is 9.48. The van der Waals surface area contributed by atoms with E-state index in [-0.39, 0.29) is 11.0 Å². The number of anilines is 1. The second-order valence-corrected chi connectivity index (χ2v) is 7.46. The summed E-state index contributed by atoms with van der Waals surface area (Å²) in [5.74, 6) is -0.465. The number of nitrogens with one attached hydrogen (secondary N) is 2. The lowest BCUT2D eigenvalue weighted by Gasteiger charge is -2.06. The topological polar surface area (TPSA) is 79.8 Å². The molecule has 0 spiro atoms. The highest BCUT2D eigenvalue weighted by Crippen LogP contribution is 2.19. The average molecular weight is 437 g/mol. The number of aryl methyl sites for hydroxylation is 2. The molecule has 0 fully saturated rings. The third kappa shape index (κ3) is 3.25. The van der Waals surface area contributed by atoms with Crippen molar-refractivity contribution in [3.63, 3.8) is 0 Å². The van der Waals surface area contributed by atoms with E-state index in [0.717, 1.165) is 15.7 Å². The van der Waals surface area contributed by atoms with Crippen LogP contribution in [-0.2, 0) is 0 Å². The van der Waals surface area contributed by atoms with E-state index in [0.29, 0.717) is 22.4 Å². The maximum Gasteiger partial charge on any atom is 0.261 e. The van der Waals surface area contributed by atoms with Gasteiger partial charge in [0, 0.05) is 16.4 Å². The largest absolute Gasteiger partial charge is 0.345 e. The van der Waals surface area contributed by atoms with Crippen LogP contribution in [0.2, 0.25) is 0 Å². The Kier molecular flexibility index (Phi) is 4.60. The van der Waals surface area contributed by atoms with Crippen LogP contribution in [0.5, 0.6) is 0 Å². The Balaban J connectivity index is 1.76. The van der Waals surface area contributed by atoms with Crippen LogP contribution in [0.25, 0.3) is 16.7 Å². The molecule has 1 amide bonds. The van der Waals surface area contributed by atoms with Crippen molar-refractivity contribution in [3.05, 3.63) is 86.2 Å². The molecule has 0 aliphatic rings. The molecule has 2 heterocycles. The summed E-state index contributed by atoms with van der Waals surface area (Å²) in [5.41, 5.74) is 3.41. The van der Waals surface area contributed by atoms with Crippen molar-refractivity contribution < 1.29 is 4.79 Å². The number of pyridine rings is 1. The number of fused-ring (bicyclic) bond motifs is 1. The Hall–Kier alpha value is -3.19. The quantitative estimate of drug-likeness (QED) is 0.500. The van der Waals surface area contributed by atoms with Gasteiger partial charge in [-0.2, -0.15) is 5.10 Å². The molecule has 0 atom stereocenters. The van der Waals surface area contributed by atoms with Crippen LogP contribution in [-0.4, -0.2) is 20.7 Å². The first kappa shape index (κ1) is 18.2. The van der Waals surface area contributed by atoms with Gasteiger partial charge in [0.05, 0.1) is 16.8 Å². The molecule has 0 radical (unpaired) electrons. The van der Waals surface area contributed by atoms with Crippen LogP contribution < -0.4 is 10.7 Å². The molecule has 4 rings (SSSR count). The molecule has 0 aliphatic heterocycles. The minimum atomic E-state index is -0.465. The maximum absolute atomic E-state index is 13.0. The van der Waals surface area contributed by atoms with Crippen LogP contribution >= 0.6 is 15.9 Å². The van der Waals surface area contributed by atoms with E-state index in [1.807, 2.05) is 43.3 Å². The molecule has 2 aromatic heterocycles. The summed E-state index contributed by atoms with van der Waals surface area (Å²) < 4.78 is 2.59. The number of aromatic amines is 1. The van der Waals surface area contributed by atoms with Gasteiger partial charge in [-0.1, -0.05) is 33.6 Å². The van der Waals surface area contributed by atoms with Gasteiger partial charge in [-0.15, -0.1) is 0 Å². The molecule has 4 aromatic rings. The van der Waals surface area contributed by atoms with Crippen molar-refractivity contribution in [1.82, 2.24) is 14.8 Å². The Morgan fingerprint density at radius 1 is 1.07 bits per heavy atom. The molecule has 2 N–H and O–H groups in total. The minimum Gasteiger partial charge on any atom is -0.345 e. The highest BCUT2D eigenvalue weighted by atomic mass is 79.9. The standard InChI is InChI=1S/C21H17BrN4O2/c1-12-3-9-16(10-4-12)26-20-18(13(2)25-26)19(27)17(11-23-20)21(28)24-15-7-5-14(22)6-8-15/h3-11H,1-2H3,(H,23,27)(H,24,28). The minimum absolute atomic E-state index is 0.0435. The number of benzene rings is 2. The van der Waals surface area contributed by atoms with Gasteiger partial charge in [-0.3, -0.25) is 9.59 Å². The third-order valence-electron chi connectivity index (χ3n) is 4.51. The number of halogens is 1. The molecule has 7 heteroatoms. The zero-order valence-electron chi connectivity index (χ0n) is 15.3. The number of hydrogen-bond donors (Lipinski definition) is 2. The smallest absolute Gasteiger partial charge is 0.261 e. The van der Waals surface area contributed by atoms with Gasteiger partial charge in [0.15, 0.2) is 0 Å². The van der Waals surface area contributed by atoms with E-state index in [1.165, 1.54) is 6.20 Å². The fourth-order valence-corrected chi connectivity index (χ4v) is 3.31. The van der Waals surface area contributed by atoms with Crippen molar-refractivity contribution in [2.75, 3.05) is 5.32 Å². The second kappa shape index (κ2) is 7.09. The normalized spacial score (nSPS) is 11.0. The van der Waals surface area contributed by atoms with Crippen molar-refractivity contribution in [2.45, 2.75) is 13.8 Å². The molecule has 140 valence electrons. The number of H-pyrrole nitrogens is 1. The fourth-order valence-electron chi connectivity index (χ4n) is 3.05. The summed E-state index contributed by atoms with van der Waals surface area (Å²) >= 11 is 3.35. The summed E-state index contributed by atoms with van der Waals surface area (Å²) in [6, 6.07) is 15.0. The van der Waals surface area contributed by atoms with E-state index in [2.05, 4.69) is 31.3 Å². The van der Waals surface area contributed by atoms with Crippen LogP contribution in [0.4, 0.5) is 5.69 Å². The summed E-state index contributed by atoms with van der Waals surface area (Å²) in [4.78, 5) is 28.7.